The number of likely N-dealkylation sites (tertiary alicyclic amines) is 1. The highest BCUT2D eigenvalue weighted by atomic mass is 16.5. The summed E-state index contributed by atoms with van der Waals surface area (Å²) in [6.07, 6.45) is 1.86. The smallest absolute Gasteiger partial charge is 0.320 e. The molecule has 20 heavy (non-hydrogen) atoms. The van der Waals surface area contributed by atoms with Gasteiger partial charge in [0.1, 0.15) is 5.75 Å². The second-order valence-electron chi connectivity index (χ2n) is 5.60. The van der Waals surface area contributed by atoms with E-state index in [0.717, 1.165) is 37.2 Å². The number of nitrogens with zero attached hydrogens (tertiary/aromatic N) is 1. The number of benzene rings is 1. The van der Waals surface area contributed by atoms with Gasteiger partial charge < -0.3 is 15.0 Å². The van der Waals surface area contributed by atoms with Gasteiger partial charge in [0.25, 0.3) is 0 Å². The molecule has 2 amide bonds. The first-order valence-electron chi connectivity index (χ1n) is 7.39. The maximum absolute atomic E-state index is 12.0. The Morgan fingerprint density at radius 1 is 1.20 bits per heavy atom. The van der Waals surface area contributed by atoms with Gasteiger partial charge in [0, 0.05) is 13.1 Å². The van der Waals surface area contributed by atoms with Crippen LogP contribution >= 0.6 is 0 Å². The van der Waals surface area contributed by atoms with E-state index in [1.165, 1.54) is 0 Å². The molecular formula is C16H24N2O2. The Labute approximate surface area is 121 Å². The van der Waals surface area contributed by atoms with Crippen LogP contribution in [0.15, 0.2) is 24.3 Å². The highest BCUT2D eigenvalue weighted by molar-refractivity contribution is 5.74. The third-order valence-electron chi connectivity index (χ3n) is 3.56. The Bertz CT molecular complexity index is 454. The first-order valence-corrected chi connectivity index (χ1v) is 7.39. The van der Waals surface area contributed by atoms with Crippen molar-refractivity contribution in [1.29, 1.82) is 0 Å². The summed E-state index contributed by atoms with van der Waals surface area (Å²) in [4.78, 5) is 13.8. The molecule has 1 aliphatic heterocycles. The van der Waals surface area contributed by atoms with Gasteiger partial charge >= 0.3 is 6.03 Å². The van der Waals surface area contributed by atoms with Crippen LogP contribution in [0.3, 0.4) is 0 Å². The van der Waals surface area contributed by atoms with E-state index in [1.807, 2.05) is 30.0 Å². The summed E-state index contributed by atoms with van der Waals surface area (Å²) in [5, 5.41) is 2.90. The van der Waals surface area contributed by atoms with Crippen LogP contribution in [0, 0.1) is 0 Å². The summed E-state index contributed by atoms with van der Waals surface area (Å²) >= 11 is 0. The molecule has 0 radical (unpaired) electrons. The summed E-state index contributed by atoms with van der Waals surface area (Å²) in [6.45, 7) is 7.83. The third-order valence-corrected chi connectivity index (χ3v) is 3.56. The second-order valence-corrected chi connectivity index (χ2v) is 5.60. The number of amides is 2. The molecule has 1 aliphatic rings. The van der Waals surface area contributed by atoms with Gasteiger partial charge in [-0.25, -0.2) is 4.79 Å². The molecule has 0 spiro atoms. The van der Waals surface area contributed by atoms with Crippen LogP contribution < -0.4 is 10.1 Å². The van der Waals surface area contributed by atoms with Crippen LogP contribution in [0.25, 0.3) is 0 Å². The van der Waals surface area contributed by atoms with E-state index in [2.05, 4.69) is 25.2 Å². The number of nitrogens with one attached hydrogen (secondary N) is 1. The molecule has 4 nitrogen and oxygen atoms in total. The minimum atomic E-state index is -0.331. The van der Waals surface area contributed by atoms with Crippen LogP contribution in [0.4, 0.5) is 4.79 Å². The fraction of sp³-hybridized carbons (Fsp3) is 0.562. The summed E-state index contributed by atoms with van der Waals surface area (Å²) < 4.78 is 5.88. The number of hydrogen-bond acceptors (Lipinski definition) is 2. The maximum Gasteiger partial charge on any atom is 0.320 e. The molecule has 1 fully saturated rings. The zero-order valence-electron chi connectivity index (χ0n) is 12.6. The Balaban J connectivity index is 1.94. The normalized spacial score (nSPS) is 16.3. The number of hydrogen-bond donors (Lipinski definition) is 1. The number of carbonyl (C=O) groups is 1. The molecule has 0 saturated carbocycles. The topological polar surface area (TPSA) is 41.6 Å². The van der Waals surface area contributed by atoms with Crippen molar-refractivity contribution in [2.75, 3.05) is 13.1 Å². The van der Waals surface area contributed by atoms with E-state index in [0.29, 0.717) is 5.92 Å². The molecular weight excluding hydrogens is 252 g/mol. The number of ether oxygens (including phenoxy) is 1. The fourth-order valence-electron chi connectivity index (χ4n) is 2.47. The van der Waals surface area contributed by atoms with Gasteiger partial charge in [0.2, 0.25) is 0 Å². The van der Waals surface area contributed by atoms with Crippen molar-refractivity contribution in [2.45, 2.75) is 45.8 Å². The Morgan fingerprint density at radius 3 is 2.50 bits per heavy atom. The largest absolute Gasteiger partial charge is 0.471 e. The van der Waals surface area contributed by atoms with Crippen molar-refractivity contribution in [3.63, 3.8) is 0 Å². The number of rotatable bonds is 4. The van der Waals surface area contributed by atoms with Gasteiger partial charge in [-0.1, -0.05) is 32.0 Å². The van der Waals surface area contributed by atoms with Crippen LogP contribution in [-0.2, 0) is 0 Å². The molecule has 0 aromatic heterocycles. The standard InChI is InChI=1S/C16H24N2O2/c1-12(2)14-8-4-5-9-15(14)20-13(3)17-16(19)18-10-6-7-11-18/h4-5,8-9,12-13H,6-7,10-11H2,1-3H3,(H,17,19). The van der Waals surface area contributed by atoms with E-state index in [9.17, 15) is 4.79 Å². The lowest BCUT2D eigenvalue weighted by atomic mass is 10.0. The van der Waals surface area contributed by atoms with Crippen molar-refractivity contribution in [3.8, 4) is 5.75 Å². The molecule has 1 unspecified atom stereocenters. The quantitative estimate of drug-likeness (QED) is 0.857. The Kier molecular flexibility index (Phi) is 4.88. The van der Waals surface area contributed by atoms with Crippen molar-refractivity contribution in [2.24, 2.45) is 0 Å². The van der Waals surface area contributed by atoms with E-state index in [-0.39, 0.29) is 12.3 Å². The van der Waals surface area contributed by atoms with Gasteiger partial charge in [0.05, 0.1) is 0 Å². The van der Waals surface area contributed by atoms with Crippen LogP contribution in [0.5, 0.6) is 5.75 Å². The first kappa shape index (κ1) is 14.7. The average Bonchev–Trinajstić information content (AvgIpc) is 2.92. The summed E-state index contributed by atoms with van der Waals surface area (Å²) in [6, 6.07) is 7.95. The van der Waals surface area contributed by atoms with Gasteiger partial charge in [-0.05, 0) is 37.3 Å². The predicted octanol–water partition coefficient (Wildman–Crippen LogP) is 3.34. The number of carbonyl (C=O) groups excluding carboxylic acids is 1. The zero-order chi connectivity index (χ0) is 14.5. The van der Waals surface area contributed by atoms with Gasteiger partial charge in [-0.2, -0.15) is 0 Å². The van der Waals surface area contributed by atoms with Crippen molar-refractivity contribution in [1.82, 2.24) is 10.2 Å². The third kappa shape index (κ3) is 3.65. The summed E-state index contributed by atoms with van der Waals surface area (Å²) in [5.74, 6) is 1.24. The lowest BCUT2D eigenvalue weighted by Crippen LogP contribution is -2.44. The lowest BCUT2D eigenvalue weighted by Gasteiger charge is -2.23. The minimum absolute atomic E-state index is 0.0305. The summed E-state index contributed by atoms with van der Waals surface area (Å²) in [7, 11) is 0. The molecule has 4 heteroatoms. The molecule has 2 rings (SSSR count). The second kappa shape index (κ2) is 6.64. The molecule has 0 bridgehead atoms. The molecule has 110 valence electrons. The van der Waals surface area contributed by atoms with Gasteiger partial charge in [-0.15, -0.1) is 0 Å². The lowest BCUT2D eigenvalue weighted by molar-refractivity contribution is 0.158. The molecule has 1 N–H and O–H groups in total. The number of urea groups is 1. The van der Waals surface area contributed by atoms with Gasteiger partial charge in [0.15, 0.2) is 6.23 Å². The van der Waals surface area contributed by atoms with E-state index >= 15 is 0 Å². The van der Waals surface area contributed by atoms with Crippen molar-refractivity contribution < 1.29 is 9.53 Å². The summed E-state index contributed by atoms with van der Waals surface area (Å²) in [5.41, 5.74) is 1.16. The molecule has 1 saturated heterocycles. The average molecular weight is 276 g/mol. The number of para-hydroxylation sites is 1. The zero-order valence-corrected chi connectivity index (χ0v) is 12.6. The van der Waals surface area contributed by atoms with Gasteiger partial charge in [-0.3, -0.25) is 0 Å². The van der Waals surface area contributed by atoms with Crippen LogP contribution in [-0.4, -0.2) is 30.2 Å². The molecule has 1 heterocycles. The van der Waals surface area contributed by atoms with Crippen molar-refractivity contribution in [3.05, 3.63) is 29.8 Å². The predicted molar refractivity (Wildman–Crippen MR) is 80.0 cm³/mol. The Morgan fingerprint density at radius 2 is 1.85 bits per heavy atom. The monoisotopic (exact) mass is 276 g/mol. The SMILES string of the molecule is CC(NC(=O)N1CCCC1)Oc1ccccc1C(C)C. The highest BCUT2D eigenvalue weighted by Crippen LogP contribution is 2.26. The maximum atomic E-state index is 12.0. The van der Waals surface area contributed by atoms with Crippen molar-refractivity contribution >= 4 is 6.03 Å². The minimum Gasteiger partial charge on any atom is -0.471 e. The van der Waals surface area contributed by atoms with E-state index < -0.39 is 0 Å². The fourth-order valence-corrected chi connectivity index (χ4v) is 2.47. The highest BCUT2D eigenvalue weighted by Gasteiger charge is 2.20. The molecule has 1 aromatic rings. The first-order chi connectivity index (χ1) is 9.58. The molecule has 1 atom stereocenters. The van der Waals surface area contributed by atoms with E-state index in [1.54, 1.807) is 0 Å². The van der Waals surface area contributed by atoms with E-state index in [4.69, 9.17) is 4.74 Å². The molecule has 1 aromatic carbocycles. The van der Waals surface area contributed by atoms with Crippen LogP contribution in [0.2, 0.25) is 0 Å². The Hall–Kier alpha value is -1.71. The molecule has 0 aliphatic carbocycles. The van der Waals surface area contributed by atoms with Crippen LogP contribution in [0.1, 0.15) is 45.1 Å².